The van der Waals surface area contributed by atoms with E-state index in [9.17, 15) is 19.5 Å². The first kappa shape index (κ1) is 15.5. The lowest BCUT2D eigenvalue weighted by Crippen LogP contribution is -2.54. The number of amides is 2. The second-order valence-electron chi connectivity index (χ2n) is 5.31. The monoisotopic (exact) mass is 310 g/mol. The Labute approximate surface area is 126 Å². The fourth-order valence-corrected chi connectivity index (χ4v) is 2.77. The fraction of sp³-hybridized carbons (Fsp3) is 0.500. The summed E-state index contributed by atoms with van der Waals surface area (Å²) in [6.45, 7) is 1.72. The predicted molar refractivity (Wildman–Crippen MR) is 78.2 cm³/mol. The smallest absolute Gasteiger partial charge is 0.329 e. The molecule has 2 rings (SSSR count). The van der Waals surface area contributed by atoms with Gasteiger partial charge in [-0.25, -0.2) is 4.79 Å². The van der Waals surface area contributed by atoms with Crippen molar-refractivity contribution in [3.63, 3.8) is 0 Å². The van der Waals surface area contributed by atoms with E-state index in [1.165, 1.54) is 18.3 Å². The Hall–Kier alpha value is -1.89. The van der Waals surface area contributed by atoms with Crippen molar-refractivity contribution >= 4 is 29.1 Å². The topological polar surface area (TPSA) is 95.5 Å². The number of carboxylic acids is 1. The zero-order valence-corrected chi connectivity index (χ0v) is 12.5. The zero-order valence-electron chi connectivity index (χ0n) is 11.7. The molecule has 0 bridgehead atoms. The third-order valence-corrected chi connectivity index (χ3v) is 4.49. The molecule has 0 spiro atoms. The molecule has 1 aromatic heterocycles. The Morgan fingerprint density at radius 2 is 2.14 bits per heavy atom. The van der Waals surface area contributed by atoms with Crippen LogP contribution in [0.1, 0.15) is 35.9 Å². The van der Waals surface area contributed by atoms with Crippen molar-refractivity contribution in [3.8, 4) is 0 Å². The Kier molecular flexibility index (Phi) is 4.62. The molecule has 7 heteroatoms. The lowest BCUT2D eigenvalue weighted by molar-refractivity contribution is -0.147. The van der Waals surface area contributed by atoms with Crippen LogP contribution in [-0.2, 0) is 9.59 Å². The Morgan fingerprint density at radius 3 is 2.67 bits per heavy atom. The molecule has 0 saturated heterocycles. The van der Waals surface area contributed by atoms with Gasteiger partial charge < -0.3 is 15.7 Å². The molecule has 3 N–H and O–H groups in total. The molecule has 1 atom stereocenters. The highest BCUT2D eigenvalue weighted by atomic mass is 32.1. The summed E-state index contributed by atoms with van der Waals surface area (Å²) < 4.78 is 0. The molecule has 1 aromatic rings. The third kappa shape index (κ3) is 3.81. The van der Waals surface area contributed by atoms with Crippen LogP contribution in [0.15, 0.2) is 17.5 Å². The molecule has 0 aromatic carbocycles. The standard InChI is InChI=1S/C14H18N2O4S/c1-14(13(19)20,9-4-5-9)16-11(17)6-7-15-12(18)10-3-2-8-21-10/h2-3,8-9H,4-7H2,1H3,(H,15,18)(H,16,17)(H,19,20). The van der Waals surface area contributed by atoms with Gasteiger partial charge in [-0.2, -0.15) is 0 Å². The summed E-state index contributed by atoms with van der Waals surface area (Å²) in [5.74, 6) is -1.60. The average Bonchev–Trinajstić information content (AvgIpc) is 3.14. The zero-order chi connectivity index (χ0) is 15.5. The van der Waals surface area contributed by atoms with E-state index < -0.39 is 11.5 Å². The van der Waals surface area contributed by atoms with Crippen LogP contribution >= 0.6 is 11.3 Å². The first-order valence-corrected chi connectivity index (χ1v) is 7.67. The van der Waals surface area contributed by atoms with Crippen LogP contribution in [0.3, 0.4) is 0 Å². The highest BCUT2D eigenvalue weighted by Gasteiger charge is 2.48. The number of rotatable bonds is 7. The minimum absolute atomic E-state index is 0.000315. The van der Waals surface area contributed by atoms with Crippen LogP contribution in [0.4, 0.5) is 0 Å². The summed E-state index contributed by atoms with van der Waals surface area (Å²) in [6.07, 6.45) is 1.70. The normalized spacial score (nSPS) is 16.8. The number of aliphatic carboxylic acids is 1. The molecule has 1 aliphatic rings. The van der Waals surface area contributed by atoms with Gasteiger partial charge in [0.15, 0.2) is 0 Å². The first-order valence-electron chi connectivity index (χ1n) is 6.79. The maximum atomic E-state index is 11.8. The van der Waals surface area contributed by atoms with E-state index in [1.807, 2.05) is 0 Å². The first-order chi connectivity index (χ1) is 9.93. The van der Waals surface area contributed by atoms with Gasteiger partial charge in [0.05, 0.1) is 4.88 Å². The van der Waals surface area contributed by atoms with Crippen LogP contribution < -0.4 is 10.6 Å². The number of thiophene rings is 1. The summed E-state index contributed by atoms with van der Waals surface area (Å²) >= 11 is 1.33. The largest absolute Gasteiger partial charge is 0.480 e. The van der Waals surface area contributed by atoms with Crippen molar-refractivity contribution in [2.45, 2.75) is 31.7 Å². The van der Waals surface area contributed by atoms with Gasteiger partial charge in [-0.1, -0.05) is 6.07 Å². The molecule has 0 radical (unpaired) electrons. The molecule has 21 heavy (non-hydrogen) atoms. The SMILES string of the molecule is CC(NC(=O)CCNC(=O)c1cccs1)(C(=O)O)C1CC1. The van der Waals surface area contributed by atoms with Crippen molar-refractivity contribution in [1.29, 1.82) is 0 Å². The fourth-order valence-electron chi connectivity index (χ4n) is 2.13. The molecule has 114 valence electrons. The van der Waals surface area contributed by atoms with Gasteiger partial charge in [0.1, 0.15) is 5.54 Å². The van der Waals surface area contributed by atoms with E-state index in [2.05, 4.69) is 10.6 Å². The van der Waals surface area contributed by atoms with Crippen molar-refractivity contribution in [3.05, 3.63) is 22.4 Å². The van der Waals surface area contributed by atoms with E-state index in [-0.39, 0.29) is 30.7 Å². The lowest BCUT2D eigenvalue weighted by Gasteiger charge is -2.26. The van der Waals surface area contributed by atoms with E-state index in [0.717, 1.165) is 12.8 Å². The van der Waals surface area contributed by atoms with Crippen LogP contribution in [-0.4, -0.2) is 35.0 Å². The van der Waals surface area contributed by atoms with Gasteiger partial charge in [0.25, 0.3) is 5.91 Å². The highest BCUT2D eigenvalue weighted by Crippen LogP contribution is 2.39. The van der Waals surface area contributed by atoms with Crippen molar-refractivity contribution in [2.75, 3.05) is 6.54 Å². The van der Waals surface area contributed by atoms with Crippen molar-refractivity contribution in [1.82, 2.24) is 10.6 Å². The quantitative estimate of drug-likeness (QED) is 0.706. The molecular formula is C14H18N2O4S. The van der Waals surface area contributed by atoms with Gasteiger partial charge in [-0.05, 0) is 37.1 Å². The van der Waals surface area contributed by atoms with E-state index in [1.54, 1.807) is 17.5 Å². The van der Waals surface area contributed by atoms with Crippen LogP contribution in [0, 0.1) is 5.92 Å². The number of hydrogen-bond donors (Lipinski definition) is 3. The second kappa shape index (κ2) is 6.26. The molecular weight excluding hydrogens is 292 g/mol. The summed E-state index contributed by atoms with van der Waals surface area (Å²) in [7, 11) is 0. The summed E-state index contributed by atoms with van der Waals surface area (Å²) in [5, 5.41) is 16.3. The molecule has 0 aliphatic heterocycles. The molecule has 1 aliphatic carbocycles. The van der Waals surface area contributed by atoms with Crippen molar-refractivity contribution < 1.29 is 19.5 Å². The van der Waals surface area contributed by atoms with Gasteiger partial charge in [-0.15, -0.1) is 11.3 Å². The van der Waals surface area contributed by atoms with Gasteiger partial charge in [-0.3, -0.25) is 9.59 Å². The molecule has 2 amide bonds. The Morgan fingerprint density at radius 1 is 1.43 bits per heavy atom. The van der Waals surface area contributed by atoms with Gasteiger partial charge in [0.2, 0.25) is 5.91 Å². The van der Waals surface area contributed by atoms with Crippen LogP contribution in [0.2, 0.25) is 0 Å². The molecule has 6 nitrogen and oxygen atoms in total. The number of carbonyl (C=O) groups is 3. The summed E-state index contributed by atoms with van der Waals surface area (Å²) in [5.41, 5.74) is -1.20. The molecule has 1 unspecified atom stereocenters. The highest BCUT2D eigenvalue weighted by molar-refractivity contribution is 7.12. The minimum atomic E-state index is -1.20. The molecule has 1 fully saturated rings. The van der Waals surface area contributed by atoms with E-state index in [0.29, 0.717) is 4.88 Å². The number of hydrogen-bond acceptors (Lipinski definition) is 4. The Balaban J connectivity index is 1.77. The van der Waals surface area contributed by atoms with Crippen LogP contribution in [0.5, 0.6) is 0 Å². The number of carboxylic acid groups (broad SMARTS) is 1. The maximum absolute atomic E-state index is 11.8. The van der Waals surface area contributed by atoms with Gasteiger partial charge >= 0.3 is 5.97 Å². The summed E-state index contributed by atoms with van der Waals surface area (Å²) in [4.78, 5) is 35.4. The number of carbonyl (C=O) groups excluding carboxylic acids is 2. The second-order valence-corrected chi connectivity index (χ2v) is 6.26. The van der Waals surface area contributed by atoms with E-state index >= 15 is 0 Å². The minimum Gasteiger partial charge on any atom is -0.480 e. The molecule has 1 heterocycles. The summed E-state index contributed by atoms with van der Waals surface area (Å²) in [6, 6.07) is 3.48. The average molecular weight is 310 g/mol. The van der Waals surface area contributed by atoms with Gasteiger partial charge in [0, 0.05) is 13.0 Å². The van der Waals surface area contributed by atoms with Crippen molar-refractivity contribution in [2.24, 2.45) is 5.92 Å². The Bertz CT molecular complexity index is 539. The van der Waals surface area contributed by atoms with E-state index in [4.69, 9.17) is 0 Å². The third-order valence-electron chi connectivity index (χ3n) is 3.62. The predicted octanol–water partition coefficient (Wildman–Crippen LogP) is 1.24. The lowest BCUT2D eigenvalue weighted by atomic mass is 9.96. The number of nitrogens with one attached hydrogen (secondary N) is 2. The van der Waals surface area contributed by atoms with Crippen LogP contribution in [0.25, 0.3) is 0 Å². The maximum Gasteiger partial charge on any atom is 0.329 e. The molecule has 1 saturated carbocycles.